The van der Waals surface area contributed by atoms with Crippen molar-refractivity contribution in [3.63, 3.8) is 0 Å². The van der Waals surface area contributed by atoms with E-state index < -0.39 is 105 Å². The standard InChI is InChI=1S/C21H40O15/c1-21(2,3)4-7(24)10(26)16(8(25)5-22)34-20-17(13(29)11(27)9(6-23)33-20)35-19-15(31)12(28)14(30)18(32)36-19/h7-20,22-32H,4-6H2,1-3H3/t7-,8+,9+,10+,11-,12+,13-,14-,15-,16+,17+,18+,19-,20-/m0/s1. The van der Waals surface area contributed by atoms with Gasteiger partial charge in [-0.05, 0) is 11.8 Å². The van der Waals surface area contributed by atoms with Crippen LogP contribution in [0.3, 0.4) is 0 Å². The van der Waals surface area contributed by atoms with Crippen LogP contribution in [0.15, 0.2) is 0 Å². The first-order valence-electron chi connectivity index (χ1n) is 11.6. The smallest absolute Gasteiger partial charge is 0.189 e. The van der Waals surface area contributed by atoms with Gasteiger partial charge in [0.05, 0.1) is 19.3 Å². The van der Waals surface area contributed by atoms with Crippen LogP contribution in [0.1, 0.15) is 27.2 Å². The Hall–Kier alpha value is -0.600. The molecule has 11 N–H and O–H groups in total. The summed E-state index contributed by atoms with van der Waals surface area (Å²) in [5.74, 6) is 0. The summed E-state index contributed by atoms with van der Waals surface area (Å²) < 4.78 is 21.4. The summed E-state index contributed by atoms with van der Waals surface area (Å²) in [6.07, 6.45) is -25.0. The van der Waals surface area contributed by atoms with Crippen LogP contribution in [-0.4, -0.2) is 155 Å². The molecule has 2 saturated heterocycles. The number of aliphatic hydroxyl groups excluding tert-OH is 11. The number of aliphatic hydroxyl groups is 11. The van der Waals surface area contributed by atoms with E-state index in [0.717, 1.165) is 0 Å². The number of rotatable bonds is 10. The molecule has 2 fully saturated rings. The molecule has 14 atom stereocenters. The van der Waals surface area contributed by atoms with Crippen LogP contribution in [-0.2, 0) is 18.9 Å². The van der Waals surface area contributed by atoms with Gasteiger partial charge in [0.15, 0.2) is 18.9 Å². The minimum Gasteiger partial charge on any atom is -0.394 e. The Morgan fingerprint density at radius 1 is 0.750 bits per heavy atom. The lowest BCUT2D eigenvalue weighted by Gasteiger charge is -2.46. The third-order valence-electron chi connectivity index (χ3n) is 6.07. The lowest BCUT2D eigenvalue weighted by Crippen LogP contribution is -2.65. The maximum Gasteiger partial charge on any atom is 0.189 e. The molecule has 0 unspecified atom stereocenters. The highest BCUT2D eigenvalue weighted by Crippen LogP contribution is 2.31. The zero-order valence-electron chi connectivity index (χ0n) is 20.3. The first kappa shape index (κ1) is 31.6. The van der Waals surface area contributed by atoms with Gasteiger partial charge in [-0.15, -0.1) is 0 Å². The Bertz CT molecular complexity index is 662. The molecule has 0 aromatic heterocycles. The number of hydrogen-bond acceptors (Lipinski definition) is 15. The molecule has 0 bridgehead atoms. The van der Waals surface area contributed by atoms with E-state index in [-0.39, 0.29) is 6.42 Å². The molecular weight excluding hydrogens is 492 g/mol. The molecule has 0 aliphatic carbocycles. The van der Waals surface area contributed by atoms with Crippen LogP contribution in [0, 0.1) is 5.41 Å². The van der Waals surface area contributed by atoms with Gasteiger partial charge >= 0.3 is 0 Å². The van der Waals surface area contributed by atoms with Crippen molar-refractivity contribution in [2.24, 2.45) is 5.41 Å². The van der Waals surface area contributed by atoms with Gasteiger partial charge in [-0.25, -0.2) is 0 Å². The van der Waals surface area contributed by atoms with Crippen molar-refractivity contribution in [2.75, 3.05) is 13.2 Å². The van der Waals surface area contributed by atoms with E-state index in [4.69, 9.17) is 18.9 Å². The van der Waals surface area contributed by atoms with E-state index in [9.17, 15) is 56.2 Å². The molecule has 2 aliphatic heterocycles. The molecule has 2 rings (SSSR count). The van der Waals surface area contributed by atoms with E-state index in [1.54, 1.807) is 20.8 Å². The molecule has 214 valence electrons. The average Bonchev–Trinajstić information content (AvgIpc) is 2.81. The third kappa shape index (κ3) is 7.49. The fourth-order valence-corrected chi connectivity index (χ4v) is 4.03. The summed E-state index contributed by atoms with van der Waals surface area (Å²) in [4.78, 5) is 0. The van der Waals surface area contributed by atoms with Gasteiger partial charge < -0.3 is 75.1 Å². The predicted molar refractivity (Wildman–Crippen MR) is 116 cm³/mol. The topological polar surface area (TPSA) is 259 Å². The highest BCUT2D eigenvalue weighted by atomic mass is 16.8. The molecule has 0 spiro atoms. The maximum atomic E-state index is 10.7. The van der Waals surface area contributed by atoms with Crippen LogP contribution in [0.5, 0.6) is 0 Å². The minimum atomic E-state index is -2.00. The first-order chi connectivity index (χ1) is 16.6. The second kappa shape index (κ2) is 13.0. The van der Waals surface area contributed by atoms with Crippen molar-refractivity contribution in [2.45, 2.75) is 113 Å². The molecule has 0 radical (unpaired) electrons. The SMILES string of the molecule is CC(C)(C)C[C@H](O)[C@@H](O)[C@H](O[C@@H]1O[C@H](CO)[C@H](O)[C@H](O)[C@H]1O[C@H]1O[C@@H](O)[C@@H](O)[C@@H](O)[C@@H]1O)[C@H](O)CO. The van der Waals surface area contributed by atoms with Crippen molar-refractivity contribution in [1.82, 2.24) is 0 Å². The first-order valence-corrected chi connectivity index (χ1v) is 11.6. The Labute approximate surface area is 207 Å². The van der Waals surface area contributed by atoms with Gasteiger partial charge in [0, 0.05) is 0 Å². The van der Waals surface area contributed by atoms with Gasteiger partial charge in [0.2, 0.25) is 0 Å². The normalized spacial score (nSPS) is 41.5. The molecule has 15 nitrogen and oxygen atoms in total. The molecular formula is C21H40O15. The highest BCUT2D eigenvalue weighted by molar-refractivity contribution is 4.94. The monoisotopic (exact) mass is 532 g/mol. The summed E-state index contributed by atoms with van der Waals surface area (Å²) in [6, 6.07) is 0. The summed E-state index contributed by atoms with van der Waals surface area (Å²) >= 11 is 0. The minimum absolute atomic E-state index is 0.0540. The van der Waals surface area contributed by atoms with Gasteiger partial charge in [0.25, 0.3) is 0 Å². The third-order valence-corrected chi connectivity index (χ3v) is 6.07. The lowest BCUT2D eigenvalue weighted by molar-refractivity contribution is -0.391. The van der Waals surface area contributed by atoms with Crippen LogP contribution in [0.25, 0.3) is 0 Å². The van der Waals surface area contributed by atoms with Crippen molar-refractivity contribution >= 4 is 0 Å². The molecule has 0 aromatic carbocycles. The zero-order valence-corrected chi connectivity index (χ0v) is 20.3. The maximum absolute atomic E-state index is 10.7. The largest absolute Gasteiger partial charge is 0.394 e. The van der Waals surface area contributed by atoms with Gasteiger partial charge in [-0.1, -0.05) is 20.8 Å². The van der Waals surface area contributed by atoms with E-state index in [1.807, 2.05) is 0 Å². The lowest BCUT2D eigenvalue weighted by atomic mass is 9.86. The predicted octanol–water partition coefficient (Wildman–Crippen LogP) is -5.54. The van der Waals surface area contributed by atoms with Crippen molar-refractivity contribution in [3.05, 3.63) is 0 Å². The van der Waals surface area contributed by atoms with E-state index >= 15 is 0 Å². The quantitative estimate of drug-likeness (QED) is 0.125. The fourth-order valence-electron chi connectivity index (χ4n) is 4.03. The molecule has 2 heterocycles. The van der Waals surface area contributed by atoms with Crippen LogP contribution in [0.4, 0.5) is 0 Å². The van der Waals surface area contributed by atoms with Crippen molar-refractivity contribution in [1.29, 1.82) is 0 Å². The Morgan fingerprint density at radius 3 is 1.89 bits per heavy atom. The Morgan fingerprint density at radius 2 is 1.36 bits per heavy atom. The van der Waals surface area contributed by atoms with Crippen LogP contribution >= 0.6 is 0 Å². The fraction of sp³-hybridized carbons (Fsp3) is 1.00. The summed E-state index contributed by atoms with van der Waals surface area (Å²) in [7, 11) is 0. The molecule has 2 aliphatic rings. The van der Waals surface area contributed by atoms with E-state index in [0.29, 0.717) is 0 Å². The number of ether oxygens (including phenoxy) is 4. The molecule has 15 heteroatoms. The zero-order chi connectivity index (χ0) is 27.5. The summed E-state index contributed by atoms with van der Waals surface area (Å²) in [5.41, 5.74) is -0.453. The molecule has 0 aromatic rings. The summed E-state index contributed by atoms with van der Waals surface area (Å²) in [5, 5.41) is 111. The molecule has 0 amide bonds. The second-order valence-electron chi connectivity index (χ2n) is 10.3. The van der Waals surface area contributed by atoms with E-state index in [1.165, 1.54) is 0 Å². The van der Waals surface area contributed by atoms with Crippen LogP contribution in [0.2, 0.25) is 0 Å². The molecule has 36 heavy (non-hydrogen) atoms. The van der Waals surface area contributed by atoms with Gasteiger partial charge in [-0.3, -0.25) is 0 Å². The van der Waals surface area contributed by atoms with Crippen LogP contribution < -0.4 is 0 Å². The van der Waals surface area contributed by atoms with Gasteiger partial charge in [-0.2, -0.15) is 0 Å². The summed E-state index contributed by atoms with van der Waals surface area (Å²) in [6.45, 7) is 3.63. The Kier molecular flexibility index (Phi) is 11.4. The van der Waals surface area contributed by atoms with E-state index in [2.05, 4.69) is 0 Å². The van der Waals surface area contributed by atoms with Crippen molar-refractivity contribution < 1.29 is 75.1 Å². The molecule has 0 saturated carbocycles. The highest BCUT2D eigenvalue weighted by Gasteiger charge is 2.52. The average molecular weight is 533 g/mol. The number of hydrogen-bond donors (Lipinski definition) is 11. The second-order valence-corrected chi connectivity index (χ2v) is 10.3. The van der Waals surface area contributed by atoms with Gasteiger partial charge in [0.1, 0.15) is 61.0 Å². The van der Waals surface area contributed by atoms with Crippen molar-refractivity contribution in [3.8, 4) is 0 Å². The Balaban J connectivity index is 2.32.